The summed E-state index contributed by atoms with van der Waals surface area (Å²) >= 11 is 7.87. The lowest BCUT2D eigenvalue weighted by Gasteiger charge is -2.22. The van der Waals surface area contributed by atoms with Crippen LogP contribution in [0.2, 0.25) is 0 Å². The van der Waals surface area contributed by atoms with Gasteiger partial charge >= 0.3 is 5.97 Å². The first-order valence-electron chi connectivity index (χ1n) is 7.95. The molecule has 0 spiro atoms. The van der Waals surface area contributed by atoms with Crippen LogP contribution in [0.1, 0.15) is 22.2 Å². The Kier molecular flexibility index (Phi) is 5.82. The summed E-state index contributed by atoms with van der Waals surface area (Å²) in [7, 11) is 0. The third kappa shape index (κ3) is 4.08. The average Bonchev–Trinajstić information content (AvgIpc) is 3.24. The number of carboxylic acids is 1. The number of anilines is 1. The van der Waals surface area contributed by atoms with Crippen molar-refractivity contribution in [2.45, 2.75) is 13.0 Å². The Balaban J connectivity index is 1.76. The zero-order valence-electron chi connectivity index (χ0n) is 14.4. The normalized spacial score (nSPS) is 16.5. The first kappa shape index (κ1) is 20.1. The first-order valence-corrected chi connectivity index (χ1v) is 10.1. The van der Waals surface area contributed by atoms with Crippen molar-refractivity contribution in [3.63, 3.8) is 0 Å². The van der Waals surface area contributed by atoms with Gasteiger partial charge in [-0.05, 0) is 42.6 Å². The number of aromatic carboxylic acids is 1. The van der Waals surface area contributed by atoms with Gasteiger partial charge in [0.2, 0.25) is 5.91 Å². The van der Waals surface area contributed by atoms with E-state index in [9.17, 15) is 19.5 Å². The van der Waals surface area contributed by atoms with Crippen LogP contribution in [-0.4, -0.2) is 43.3 Å². The second kappa shape index (κ2) is 8.13. The highest BCUT2D eigenvalue weighted by atomic mass is 32.2. The summed E-state index contributed by atoms with van der Waals surface area (Å²) in [5.74, 6) is -2.62. The molecular weight excluding hydrogens is 420 g/mol. The maximum Gasteiger partial charge on any atom is 0.339 e. The number of carbonyl (C=O) groups excluding carboxylic acids is 2. The molecule has 1 unspecified atom stereocenters. The van der Waals surface area contributed by atoms with Crippen LogP contribution in [0, 0.1) is 0 Å². The Bertz CT molecular complexity index is 1000. The Labute approximate surface area is 173 Å². The number of carbonyl (C=O) groups is 3. The van der Waals surface area contributed by atoms with Crippen molar-refractivity contribution in [2.75, 3.05) is 5.32 Å². The fourth-order valence-corrected chi connectivity index (χ4v) is 4.61. The van der Waals surface area contributed by atoms with Gasteiger partial charge in [-0.2, -0.15) is 0 Å². The van der Waals surface area contributed by atoms with Crippen molar-refractivity contribution < 1.29 is 24.6 Å². The van der Waals surface area contributed by atoms with Crippen LogP contribution >= 0.6 is 35.3 Å². The SMILES string of the molecule is CC(C(=O)Nc1ccc(O)c(C(=O)O)c1)N1C(=O)/C(=C\c2cccs2)SC1=S. The molecule has 1 aliphatic heterocycles. The molecule has 1 fully saturated rings. The number of nitrogens with one attached hydrogen (secondary N) is 1. The number of carboxylic acid groups (broad SMARTS) is 1. The molecule has 1 aromatic heterocycles. The Morgan fingerprint density at radius 1 is 1.32 bits per heavy atom. The second-order valence-corrected chi connectivity index (χ2v) is 8.42. The van der Waals surface area contributed by atoms with E-state index in [0.717, 1.165) is 22.7 Å². The zero-order chi connectivity index (χ0) is 20.4. The molecule has 7 nitrogen and oxygen atoms in total. The van der Waals surface area contributed by atoms with Crippen LogP contribution in [0.3, 0.4) is 0 Å². The van der Waals surface area contributed by atoms with Crippen molar-refractivity contribution in [1.29, 1.82) is 0 Å². The van der Waals surface area contributed by atoms with Crippen LogP contribution < -0.4 is 5.32 Å². The molecule has 1 aliphatic rings. The topological polar surface area (TPSA) is 107 Å². The Morgan fingerprint density at radius 2 is 2.07 bits per heavy atom. The van der Waals surface area contributed by atoms with E-state index in [1.165, 1.54) is 35.3 Å². The minimum absolute atomic E-state index is 0.187. The molecule has 1 saturated heterocycles. The van der Waals surface area contributed by atoms with Crippen LogP contribution in [0.4, 0.5) is 5.69 Å². The van der Waals surface area contributed by atoms with Gasteiger partial charge in [-0.25, -0.2) is 4.79 Å². The summed E-state index contributed by atoms with van der Waals surface area (Å²) in [6.07, 6.45) is 1.73. The standard InChI is InChI=1S/C18H14N2O5S3/c1-9(15(22)19-10-4-5-13(21)12(7-10)17(24)25)20-16(23)14(28-18(20)26)8-11-3-2-6-27-11/h2-9,21H,1H3,(H,19,22)(H,24,25)/b14-8+. The molecule has 3 rings (SSSR count). The summed E-state index contributed by atoms with van der Waals surface area (Å²) in [6, 6.07) is 6.53. The number of benzene rings is 1. The van der Waals surface area contributed by atoms with E-state index in [2.05, 4.69) is 5.32 Å². The van der Waals surface area contributed by atoms with E-state index in [4.69, 9.17) is 17.3 Å². The van der Waals surface area contributed by atoms with E-state index in [1.54, 1.807) is 6.08 Å². The monoisotopic (exact) mass is 434 g/mol. The molecule has 3 N–H and O–H groups in total. The molecule has 1 atom stereocenters. The number of hydrogen-bond donors (Lipinski definition) is 3. The number of rotatable bonds is 5. The predicted octanol–water partition coefficient (Wildman–Crippen LogP) is 3.38. The fourth-order valence-electron chi connectivity index (χ4n) is 2.47. The number of amides is 2. The van der Waals surface area contributed by atoms with E-state index < -0.39 is 23.7 Å². The molecule has 28 heavy (non-hydrogen) atoms. The van der Waals surface area contributed by atoms with Crippen molar-refractivity contribution in [3.8, 4) is 5.75 Å². The van der Waals surface area contributed by atoms with Crippen LogP contribution in [0.5, 0.6) is 5.75 Å². The lowest BCUT2D eigenvalue weighted by Crippen LogP contribution is -2.44. The maximum atomic E-state index is 12.7. The molecule has 1 aromatic carbocycles. The van der Waals surface area contributed by atoms with Gasteiger partial charge in [0.05, 0.1) is 4.91 Å². The molecule has 0 radical (unpaired) electrons. The number of aromatic hydroxyl groups is 1. The lowest BCUT2D eigenvalue weighted by atomic mass is 10.1. The number of thiocarbonyl (C=S) groups is 1. The highest BCUT2D eigenvalue weighted by Gasteiger charge is 2.38. The summed E-state index contributed by atoms with van der Waals surface area (Å²) < 4.78 is 0.271. The van der Waals surface area contributed by atoms with Gasteiger partial charge in [-0.3, -0.25) is 14.5 Å². The summed E-state index contributed by atoms with van der Waals surface area (Å²) in [6.45, 7) is 1.53. The number of phenols is 1. The predicted molar refractivity (Wildman–Crippen MR) is 112 cm³/mol. The number of thiophene rings is 1. The molecular formula is C18H14N2O5S3. The number of nitrogens with zero attached hydrogens (tertiary/aromatic N) is 1. The zero-order valence-corrected chi connectivity index (χ0v) is 16.9. The van der Waals surface area contributed by atoms with E-state index >= 15 is 0 Å². The third-order valence-electron chi connectivity index (χ3n) is 3.90. The van der Waals surface area contributed by atoms with Crippen molar-refractivity contribution in [3.05, 3.63) is 51.1 Å². The van der Waals surface area contributed by atoms with E-state index in [-0.39, 0.29) is 21.5 Å². The van der Waals surface area contributed by atoms with Gasteiger partial charge in [0.15, 0.2) is 0 Å². The summed E-state index contributed by atoms with van der Waals surface area (Å²) in [4.78, 5) is 38.9. The van der Waals surface area contributed by atoms with Gasteiger partial charge in [0, 0.05) is 10.6 Å². The van der Waals surface area contributed by atoms with E-state index in [1.807, 2.05) is 17.5 Å². The van der Waals surface area contributed by atoms with Gasteiger partial charge < -0.3 is 15.5 Å². The largest absolute Gasteiger partial charge is 0.507 e. The second-order valence-electron chi connectivity index (χ2n) is 5.77. The molecule has 2 aromatic rings. The van der Waals surface area contributed by atoms with Gasteiger partial charge in [-0.15, -0.1) is 11.3 Å². The van der Waals surface area contributed by atoms with Crippen LogP contribution in [0.15, 0.2) is 40.6 Å². The molecule has 0 bridgehead atoms. The molecule has 2 amide bonds. The molecule has 144 valence electrons. The molecule has 10 heteroatoms. The minimum Gasteiger partial charge on any atom is -0.507 e. The number of hydrogen-bond acceptors (Lipinski definition) is 7. The third-order valence-corrected chi connectivity index (χ3v) is 6.05. The van der Waals surface area contributed by atoms with Gasteiger partial charge in [0.25, 0.3) is 5.91 Å². The lowest BCUT2D eigenvalue weighted by molar-refractivity contribution is -0.129. The summed E-state index contributed by atoms with van der Waals surface area (Å²) in [5, 5.41) is 23.1. The average molecular weight is 435 g/mol. The highest BCUT2D eigenvalue weighted by Crippen LogP contribution is 2.34. The van der Waals surface area contributed by atoms with Crippen molar-refractivity contribution >= 4 is 69.2 Å². The molecule has 0 aliphatic carbocycles. The van der Waals surface area contributed by atoms with Crippen molar-refractivity contribution in [2.24, 2.45) is 0 Å². The maximum absolute atomic E-state index is 12.7. The highest BCUT2D eigenvalue weighted by molar-refractivity contribution is 8.26. The van der Waals surface area contributed by atoms with Crippen molar-refractivity contribution in [1.82, 2.24) is 4.90 Å². The van der Waals surface area contributed by atoms with Gasteiger partial charge in [0.1, 0.15) is 21.7 Å². The Morgan fingerprint density at radius 3 is 2.71 bits per heavy atom. The smallest absolute Gasteiger partial charge is 0.339 e. The first-order chi connectivity index (χ1) is 13.3. The van der Waals surface area contributed by atoms with E-state index in [0.29, 0.717) is 4.91 Å². The van der Waals surface area contributed by atoms with Crippen LogP contribution in [0.25, 0.3) is 6.08 Å². The minimum atomic E-state index is -1.32. The summed E-state index contributed by atoms with van der Waals surface area (Å²) in [5.41, 5.74) is -0.151. The Hall–Kier alpha value is -2.69. The molecule has 2 heterocycles. The quantitative estimate of drug-likeness (QED) is 0.376. The van der Waals surface area contributed by atoms with Crippen LogP contribution in [-0.2, 0) is 9.59 Å². The fraction of sp³-hybridized carbons (Fsp3) is 0.111. The van der Waals surface area contributed by atoms with Gasteiger partial charge in [-0.1, -0.05) is 30.0 Å². The molecule has 0 saturated carbocycles. The number of thioether (sulfide) groups is 1.